The smallest absolute Gasteiger partial charge is 0.269 e. The summed E-state index contributed by atoms with van der Waals surface area (Å²) in [7, 11) is 0. The van der Waals surface area contributed by atoms with E-state index in [1.165, 1.54) is 12.1 Å². The molecule has 5 nitrogen and oxygen atoms in total. The van der Waals surface area contributed by atoms with Crippen LogP contribution >= 0.6 is 0 Å². The second kappa shape index (κ2) is 4.86. The monoisotopic (exact) mass is 244 g/mol. The second-order valence-corrected chi connectivity index (χ2v) is 3.56. The maximum Gasteiger partial charge on any atom is 0.269 e. The molecule has 0 atom stereocenters. The number of hydrogen-bond donors (Lipinski definition) is 1. The summed E-state index contributed by atoms with van der Waals surface area (Å²) in [6.45, 7) is -0.0913. The van der Waals surface area contributed by atoms with E-state index >= 15 is 0 Å². The molecular formula is C10H10F2N2O3. The maximum atomic E-state index is 12.5. The predicted molar refractivity (Wildman–Crippen MR) is 56.1 cm³/mol. The van der Waals surface area contributed by atoms with Crippen LogP contribution in [-0.2, 0) is 0 Å². The summed E-state index contributed by atoms with van der Waals surface area (Å²) in [4.78, 5) is 21.1. The highest BCUT2D eigenvalue weighted by Gasteiger charge is 2.22. The molecule has 0 aliphatic heterocycles. The lowest BCUT2D eigenvalue weighted by Crippen LogP contribution is -2.34. The molecule has 92 valence electrons. The first-order valence-electron chi connectivity index (χ1n) is 4.70. The van der Waals surface area contributed by atoms with E-state index < -0.39 is 23.3 Å². The highest BCUT2D eigenvalue weighted by molar-refractivity contribution is 5.94. The van der Waals surface area contributed by atoms with Gasteiger partial charge in [0.05, 0.1) is 11.5 Å². The molecule has 0 radical (unpaired) electrons. The third kappa shape index (κ3) is 4.13. The molecule has 7 heteroatoms. The number of hydrogen-bond acceptors (Lipinski definition) is 3. The van der Waals surface area contributed by atoms with Crippen LogP contribution < -0.4 is 5.32 Å². The van der Waals surface area contributed by atoms with Crippen LogP contribution in [0.1, 0.15) is 17.3 Å². The van der Waals surface area contributed by atoms with Crippen LogP contribution in [0.4, 0.5) is 14.5 Å². The molecular weight excluding hydrogens is 234 g/mol. The highest BCUT2D eigenvalue weighted by Crippen LogP contribution is 2.13. The van der Waals surface area contributed by atoms with Crippen LogP contribution in [-0.4, -0.2) is 23.3 Å². The van der Waals surface area contributed by atoms with Crippen molar-refractivity contribution < 1.29 is 18.5 Å². The first-order chi connectivity index (χ1) is 7.79. The standard InChI is InChI=1S/C10H10F2N2O3/c1-10(11,12)6-13-9(15)7-2-4-8(5-3-7)14(16)17/h2-5H,6H2,1H3,(H,13,15). The largest absolute Gasteiger partial charge is 0.346 e. The Morgan fingerprint density at radius 2 is 1.94 bits per heavy atom. The lowest BCUT2D eigenvalue weighted by Gasteiger charge is -2.11. The molecule has 0 bridgehead atoms. The summed E-state index contributed by atoms with van der Waals surface area (Å²) in [6.07, 6.45) is 0. The molecule has 1 aromatic rings. The van der Waals surface area contributed by atoms with Gasteiger partial charge in [-0.2, -0.15) is 0 Å². The number of alkyl halides is 2. The van der Waals surface area contributed by atoms with Gasteiger partial charge >= 0.3 is 0 Å². The average molecular weight is 244 g/mol. The van der Waals surface area contributed by atoms with E-state index in [0.29, 0.717) is 6.92 Å². The minimum atomic E-state index is -2.99. The molecule has 0 aliphatic rings. The van der Waals surface area contributed by atoms with E-state index in [4.69, 9.17) is 0 Å². The van der Waals surface area contributed by atoms with E-state index in [1.54, 1.807) is 0 Å². The van der Waals surface area contributed by atoms with Gasteiger partial charge in [0.15, 0.2) is 0 Å². The van der Waals surface area contributed by atoms with E-state index in [9.17, 15) is 23.7 Å². The third-order valence-corrected chi connectivity index (χ3v) is 1.90. The summed E-state index contributed by atoms with van der Waals surface area (Å²) in [5.41, 5.74) is -0.0674. The van der Waals surface area contributed by atoms with Crippen molar-refractivity contribution in [2.45, 2.75) is 12.8 Å². The number of nitrogens with zero attached hydrogens (tertiary/aromatic N) is 1. The van der Waals surface area contributed by atoms with Crippen molar-refractivity contribution in [2.75, 3.05) is 6.54 Å². The Bertz CT molecular complexity index is 426. The average Bonchev–Trinajstić information content (AvgIpc) is 2.25. The predicted octanol–water partition coefficient (Wildman–Crippen LogP) is 1.98. The highest BCUT2D eigenvalue weighted by atomic mass is 19.3. The number of rotatable bonds is 4. The number of amides is 1. The van der Waals surface area contributed by atoms with Gasteiger partial charge in [0.25, 0.3) is 17.5 Å². The topological polar surface area (TPSA) is 72.2 Å². The van der Waals surface area contributed by atoms with Crippen LogP contribution in [0, 0.1) is 10.1 Å². The lowest BCUT2D eigenvalue weighted by atomic mass is 10.2. The zero-order valence-electron chi connectivity index (χ0n) is 8.94. The Hall–Kier alpha value is -2.05. The summed E-state index contributed by atoms with van der Waals surface area (Å²) in [5, 5.41) is 12.4. The molecule has 0 aromatic heterocycles. The third-order valence-electron chi connectivity index (χ3n) is 1.90. The van der Waals surface area contributed by atoms with Crippen molar-refractivity contribution in [3.8, 4) is 0 Å². The van der Waals surface area contributed by atoms with Crippen molar-refractivity contribution in [3.63, 3.8) is 0 Å². The summed E-state index contributed by atoms with van der Waals surface area (Å²) >= 11 is 0. The molecule has 0 spiro atoms. The van der Waals surface area contributed by atoms with Gasteiger partial charge in [-0.15, -0.1) is 0 Å². The van der Waals surface area contributed by atoms with E-state index in [2.05, 4.69) is 0 Å². The van der Waals surface area contributed by atoms with Crippen LogP contribution in [0.25, 0.3) is 0 Å². The van der Waals surface area contributed by atoms with Gasteiger partial charge in [-0.25, -0.2) is 8.78 Å². The first kappa shape index (κ1) is 13.0. The maximum absolute atomic E-state index is 12.5. The molecule has 1 amide bonds. The zero-order chi connectivity index (χ0) is 13.1. The Labute approximate surface area is 95.6 Å². The first-order valence-corrected chi connectivity index (χ1v) is 4.70. The Kier molecular flexibility index (Phi) is 3.72. The molecule has 0 fully saturated rings. The van der Waals surface area contributed by atoms with Gasteiger partial charge < -0.3 is 5.32 Å². The van der Waals surface area contributed by atoms with Crippen molar-refractivity contribution in [3.05, 3.63) is 39.9 Å². The van der Waals surface area contributed by atoms with Gasteiger partial charge in [0.1, 0.15) is 0 Å². The number of nitrogens with one attached hydrogen (secondary N) is 1. The Morgan fingerprint density at radius 1 is 1.41 bits per heavy atom. The Morgan fingerprint density at radius 3 is 2.35 bits per heavy atom. The van der Waals surface area contributed by atoms with Crippen LogP contribution in [0.15, 0.2) is 24.3 Å². The molecule has 17 heavy (non-hydrogen) atoms. The number of benzene rings is 1. The number of nitro benzene ring substituents is 1. The fourth-order valence-corrected chi connectivity index (χ4v) is 1.07. The summed E-state index contributed by atoms with van der Waals surface area (Å²) in [6, 6.07) is 4.69. The normalized spacial score (nSPS) is 11.0. The quantitative estimate of drug-likeness (QED) is 0.650. The number of halogens is 2. The zero-order valence-corrected chi connectivity index (χ0v) is 8.94. The minimum Gasteiger partial charge on any atom is -0.346 e. The van der Waals surface area contributed by atoms with Crippen LogP contribution in [0.5, 0.6) is 0 Å². The molecule has 0 unspecified atom stereocenters. The van der Waals surface area contributed by atoms with E-state index in [1.807, 2.05) is 5.32 Å². The molecule has 0 saturated heterocycles. The van der Waals surface area contributed by atoms with Gasteiger partial charge in [0.2, 0.25) is 0 Å². The molecule has 0 saturated carbocycles. The van der Waals surface area contributed by atoms with Crippen molar-refractivity contribution >= 4 is 11.6 Å². The van der Waals surface area contributed by atoms with Crippen LogP contribution in [0.3, 0.4) is 0 Å². The van der Waals surface area contributed by atoms with E-state index in [-0.39, 0.29) is 11.3 Å². The number of carbonyl (C=O) groups excluding carboxylic acids is 1. The van der Waals surface area contributed by atoms with Crippen molar-refractivity contribution in [2.24, 2.45) is 0 Å². The van der Waals surface area contributed by atoms with Crippen molar-refractivity contribution in [1.29, 1.82) is 0 Å². The lowest BCUT2D eigenvalue weighted by molar-refractivity contribution is -0.384. The number of nitro groups is 1. The summed E-state index contributed by atoms with van der Waals surface area (Å²) < 4.78 is 24.9. The van der Waals surface area contributed by atoms with Gasteiger partial charge in [-0.1, -0.05) is 0 Å². The van der Waals surface area contributed by atoms with Crippen LogP contribution in [0.2, 0.25) is 0 Å². The Balaban J connectivity index is 2.67. The van der Waals surface area contributed by atoms with Gasteiger partial charge in [0, 0.05) is 24.6 Å². The van der Waals surface area contributed by atoms with Crippen molar-refractivity contribution in [1.82, 2.24) is 5.32 Å². The molecule has 1 aromatic carbocycles. The van der Waals surface area contributed by atoms with E-state index in [0.717, 1.165) is 12.1 Å². The molecule has 0 aliphatic carbocycles. The van der Waals surface area contributed by atoms with Gasteiger partial charge in [-0.05, 0) is 12.1 Å². The second-order valence-electron chi connectivity index (χ2n) is 3.56. The summed E-state index contributed by atoms with van der Waals surface area (Å²) in [5.74, 6) is -3.68. The molecule has 1 rings (SSSR count). The number of non-ortho nitro benzene ring substituents is 1. The minimum absolute atomic E-state index is 0.0971. The number of carbonyl (C=O) groups is 1. The van der Waals surface area contributed by atoms with Gasteiger partial charge in [-0.3, -0.25) is 14.9 Å². The molecule has 1 N–H and O–H groups in total. The fourth-order valence-electron chi connectivity index (χ4n) is 1.07. The fraction of sp³-hybridized carbons (Fsp3) is 0.300. The SMILES string of the molecule is CC(F)(F)CNC(=O)c1ccc([N+](=O)[O-])cc1. The molecule has 0 heterocycles.